The summed E-state index contributed by atoms with van der Waals surface area (Å²) >= 11 is 0. The number of carbonyl (C=O) groups is 3. The van der Waals surface area contributed by atoms with E-state index in [1.54, 1.807) is 24.3 Å². The molecule has 1 fully saturated rings. The van der Waals surface area contributed by atoms with E-state index in [1.165, 1.54) is 4.90 Å². The number of para-hydroxylation sites is 1. The molecule has 1 aromatic heterocycles. The number of rotatable bonds is 4. The maximum Gasteiger partial charge on any atom is 0.251 e. The quantitative estimate of drug-likeness (QED) is 0.720. The highest BCUT2D eigenvalue weighted by Crippen LogP contribution is 2.25. The lowest BCUT2D eigenvalue weighted by atomic mass is 10.1. The van der Waals surface area contributed by atoms with Crippen LogP contribution >= 0.6 is 0 Å². The standard InChI is InChI=1S/C21H18N2O4/c1-13(18-12-15-4-2-3-5-17(15)27-18)22-21(26)14-6-8-16(9-7-14)23-19(24)10-11-20(23)25/h2-9,12-13H,10-11H2,1H3,(H,22,26)/t13-/m1/s1. The van der Waals surface area contributed by atoms with Crippen LogP contribution in [-0.2, 0) is 9.59 Å². The summed E-state index contributed by atoms with van der Waals surface area (Å²) < 4.78 is 5.78. The summed E-state index contributed by atoms with van der Waals surface area (Å²) in [7, 11) is 0. The molecule has 0 aliphatic carbocycles. The Morgan fingerprint density at radius 3 is 2.37 bits per heavy atom. The van der Waals surface area contributed by atoms with Gasteiger partial charge in [-0.2, -0.15) is 0 Å². The molecule has 1 aliphatic heterocycles. The molecule has 3 amide bonds. The second kappa shape index (κ2) is 6.72. The molecule has 0 unspecified atom stereocenters. The fourth-order valence-electron chi connectivity index (χ4n) is 3.19. The summed E-state index contributed by atoms with van der Waals surface area (Å²) in [5, 5.41) is 3.88. The number of hydrogen-bond acceptors (Lipinski definition) is 4. The SMILES string of the molecule is C[C@@H](NC(=O)c1ccc(N2C(=O)CCC2=O)cc1)c1cc2ccccc2o1. The van der Waals surface area contributed by atoms with Gasteiger partial charge in [-0.15, -0.1) is 0 Å². The molecule has 1 aliphatic rings. The number of nitrogens with zero attached hydrogens (tertiary/aromatic N) is 1. The van der Waals surface area contributed by atoms with E-state index in [2.05, 4.69) is 5.32 Å². The molecule has 0 spiro atoms. The Hall–Kier alpha value is -3.41. The molecular formula is C21H18N2O4. The Morgan fingerprint density at radius 2 is 1.70 bits per heavy atom. The second-order valence-electron chi connectivity index (χ2n) is 6.55. The Balaban J connectivity index is 1.47. The molecule has 0 bridgehead atoms. The van der Waals surface area contributed by atoms with Crippen molar-refractivity contribution in [2.45, 2.75) is 25.8 Å². The molecule has 0 saturated carbocycles. The van der Waals surface area contributed by atoms with Crippen molar-refractivity contribution in [1.82, 2.24) is 5.32 Å². The first-order valence-corrected chi connectivity index (χ1v) is 8.78. The molecule has 136 valence electrons. The first-order valence-electron chi connectivity index (χ1n) is 8.78. The number of hydrogen-bond donors (Lipinski definition) is 1. The summed E-state index contributed by atoms with van der Waals surface area (Å²) in [5.41, 5.74) is 1.71. The van der Waals surface area contributed by atoms with Gasteiger partial charge in [-0.25, -0.2) is 0 Å². The molecule has 27 heavy (non-hydrogen) atoms. The van der Waals surface area contributed by atoms with Crippen LogP contribution in [0.1, 0.15) is 41.9 Å². The predicted molar refractivity (Wildman–Crippen MR) is 100 cm³/mol. The van der Waals surface area contributed by atoms with E-state index in [1.807, 2.05) is 37.3 Å². The van der Waals surface area contributed by atoms with Gasteiger partial charge in [0, 0.05) is 23.8 Å². The fourth-order valence-corrected chi connectivity index (χ4v) is 3.19. The molecule has 6 heteroatoms. The van der Waals surface area contributed by atoms with Crippen molar-refractivity contribution in [3.63, 3.8) is 0 Å². The molecular weight excluding hydrogens is 344 g/mol. The summed E-state index contributed by atoms with van der Waals surface area (Å²) in [6, 6.07) is 15.7. The van der Waals surface area contributed by atoms with Crippen molar-refractivity contribution in [2.75, 3.05) is 4.90 Å². The van der Waals surface area contributed by atoms with E-state index in [0.29, 0.717) is 17.0 Å². The van der Waals surface area contributed by atoms with Gasteiger partial charge < -0.3 is 9.73 Å². The number of furan rings is 1. The average Bonchev–Trinajstić information content (AvgIpc) is 3.25. The third-order valence-corrected chi connectivity index (χ3v) is 4.66. The average molecular weight is 362 g/mol. The Morgan fingerprint density at radius 1 is 1.04 bits per heavy atom. The molecule has 3 aromatic rings. The molecule has 1 N–H and O–H groups in total. The summed E-state index contributed by atoms with van der Waals surface area (Å²) in [6.45, 7) is 1.85. The number of benzene rings is 2. The Bertz CT molecular complexity index is 987. The van der Waals surface area contributed by atoms with Gasteiger partial charge in [-0.05, 0) is 43.3 Å². The second-order valence-corrected chi connectivity index (χ2v) is 6.55. The maximum atomic E-state index is 12.5. The molecule has 1 atom stereocenters. The highest BCUT2D eigenvalue weighted by Gasteiger charge is 2.30. The molecule has 4 rings (SSSR count). The zero-order valence-corrected chi connectivity index (χ0v) is 14.8. The summed E-state index contributed by atoms with van der Waals surface area (Å²) in [4.78, 5) is 37.3. The molecule has 0 radical (unpaired) electrons. The summed E-state index contributed by atoms with van der Waals surface area (Å²) in [5.74, 6) is -0.00516. The van der Waals surface area contributed by atoms with E-state index >= 15 is 0 Å². The van der Waals surface area contributed by atoms with Crippen molar-refractivity contribution in [2.24, 2.45) is 0 Å². The lowest BCUT2D eigenvalue weighted by Crippen LogP contribution is -2.29. The van der Waals surface area contributed by atoms with Crippen LogP contribution in [0.3, 0.4) is 0 Å². The highest BCUT2D eigenvalue weighted by atomic mass is 16.3. The number of anilines is 1. The predicted octanol–water partition coefficient (Wildman–Crippen LogP) is 3.58. The van der Waals surface area contributed by atoms with Gasteiger partial charge in [-0.1, -0.05) is 18.2 Å². The molecule has 2 heterocycles. The number of amides is 3. The first-order chi connectivity index (χ1) is 13.0. The molecule has 1 saturated heterocycles. The van der Waals surface area contributed by atoms with Crippen LogP contribution in [0.5, 0.6) is 0 Å². The number of nitrogens with one attached hydrogen (secondary N) is 1. The maximum absolute atomic E-state index is 12.5. The van der Waals surface area contributed by atoms with Gasteiger partial charge in [0.25, 0.3) is 5.91 Å². The zero-order valence-electron chi connectivity index (χ0n) is 14.8. The normalized spacial score (nSPS) is 15.4. The molecule has 6 nitrogen and oxygen atoms in total. The van der Waals surface area contributed by atoms with Crippen LogP contribution in [0.2, 0.25) is 0 Å². The third-order valence-electron chi connectivity index (χ3n) is 4.66. The van der Waals surface area contributed by atoms with Gasteiger partial charge >= 0.3 is 0 Å². The van der Waals surface area contributed by atoms with Crippen molar-refractivity contribution in [3.8, 4) is 0 Å². The topological polar surface area (TPSA) is 79.6 Å². The van der Waals surface area contributed by atoms with Crippen LogP contribution in [0.15, 0.2) is 59.0 Å². The van der Waals surface area contributed by atoms with E-state index in [9.17, 15) is 14.4 Å². The van der Waals surface area contributed by atoms with E-state index in [-0.39, 0.29) is 36.6 Å². The van der Waals surface area contributed by atoms with Crippen molar-refractivity contribution in [3.05, 3.63) is 65.9 Å². The monoisotopic (exact) mass is 362 g/mol. The Kier molecular flexibility index (Phi) is 4.24. The minimum atomic E-state index is -0.300. The Labute approximate surface area is 155 Å². The van der Waals surface area contributed by atoms with Crippen LogP contribution in [-0.4, -0.2) is 17.7 Å². The zero-order chi connectivity index (χ0) is 19.0. The van der Waals surface area contributed by atoms with Crippen LogP contribution < -0.4 is 10.2 Å². The van der Waals surface area contributed by atoms with Gasteiger partial charge in [0.05, 0.1) is 11.7 Å². The highest BCUT2D eigenvalue weighted by molar-refractivity contribution is 6.19. The van der Waals surface area contributed by atoms with Crippen molar-refractivity contribution < 1.29 is 18.8 Å². The van der Waals surface area contributed by atoms with E-state index in [0.717, 1.165) is 11.0 Å². The van der Waals surface area contributed by atoms with E-state index < -0.39 is 0 Å². The fraction of sp³-hybridized carbons (Fsp3) is 0.190. The smallest absolute Gasteiger partial charge is 0.251 e. The van der Waals surface area contributed by atoms with Crippen LogP contribution in [0, 0.1) is 0 Å². The van der Waals surface area contributed by atoms with Crippen molar-refractivity contribution in [1.29, 1.82) is 0 Å². The van der Waals surface area contributed by atoms with Crippen LogP contribution in [0.4, 0.5) is 5.69 Å². The first kappa shape index (κ1) is 17.0. The minimum absolute atomic E-state index is 0.212. The van der Waals surface area contributed by atoms with Gasteiger partial charge in [0.2, 0.25) is 11.8 Å². The number of fused-ring (bicyclic) bond motifs is 1. The number of carbonyl (C=O) groups excluding carboxylic acids is 3. The van der Waals surface area contributed by atoms with Gasteiger partial charge in [0.15, 0.2) is 0 Å². The van der Waals surface area contributed by atoms with Gasteiger partial charge in [-0.3, -0.25) is 19.3 Å². The van der Waals surface area contributed by atoms with Crippen molar-refractivity contribution >= 4 is 34.4 Å². The third kappa shape index (κ3) is 3.21. The van der Waals surface area contributed by atoms with E-state index in [4.69, 9.17) is 4.42 Å². The number of imide groups is 1. The summed E-state index contributed by atoms with van der Waals surface area (Å²) in [6.07, 6.45) is 0.464. The lowest BCUT2D eigenvalue weighted by molar-refractivity contribution is -0.121. The lowest BCUT2D eigenvalue weighted by Gasteiger charge is -2.15. The van der Waals surface area contributed by atoms with Gasteiger partial charge in [0.1, 0.15) is 11.3 Å². The van der Waals surface area contributed by atoms with Crippen LogP contribution in [0.25, 0.3) is 11.0 Å². The molecule has 2 aromatic carbocycles. The minimum Gasteiger partial charge on any atom is -0.459 e. The largest absolute Gasteiger partial charge is 0.459 e.